The van der Waals surface area contributed by atoms with Gasteiger partial charge in [-0.1, -0.05) is 11.6 Å². The molecule has 1 atom stereocenters. The molecule has 0 saturated heterocycles. The number of carbonyl (C=O) groups is 2. The lowest BCUT2D eigenvalue weighted by atomic mass is 9.49. The first-order valence-electron chi connectivity index (χ1n) is 8.61. The third-order valence-electron chi connectivity index (χ3n) is 5.93. The fourth-order valence-corrected chi connectivity index (χ4v) is 5.30. The molecule has 0 aromatic rings. The second kappa shape index (κ2) is 5.71. The van der Waals surface area contributed by atoms with Gasteiger partial charge in [0, 0.05) is 5.41 Å². The van der Waals surface area contributed by atoms with Gasteiger partial charge in [0.1, 0.15) is 6.04 Å². The van der Waals surface area contributed by atoms with Gasteiger partial charge in [-0.3, -0.25) is 9.59 Å². The summed E-state index contributed by atoms with van der Waals surface area (Å²) in [7, 11) is 0. The molecule has 0 unspecified atom stereocenters. The first kappa shape index (κ1) is 15.6. The molecule has 0 aliphatic heterocycles. The van der Waals surface area contributed by atoms with Crippen LogP contribution in [0.2, 0.25) is 0 Å². The smallest absolute Gasteiger partial charge is 0.240 e. The van der Waals surface area contributed by atoms with Gasteiger partial charge in [0.25, 0.3) is 0 Å². The first-order valence-corrected chi connectivity index (χ1v) is 8.61. The molecular formula is C18H28N2O2. The highest BCUT2D eigenvalue weighted by Crippen LogP contribution is 2.60. The van der Waals surface area contributed by atoms with Gasteiger partial charge in [-0.25, -0.2) is 0 Å². The first-order chi connectivity index (χ1) is 10.4. The van der Waals surface area contributed by atoms with Crippen molar-refractivity contribution in [3.63, 3.8) is 0 Å². The molecule has 4 nitrogen and oxygen atoms in total. The van der Waals surface area contributed by atoms with Crippen LogP contribution in [0.1, 0.15) is 58.8 Å². The van der Waals surface area contributed by atoms with Gasteiger partial charge in [-0.15, -0.1) is 0 Å². The summed E-state index contributed by atoms with van der Waals surface area (Å²) in [6.45, 7) is 3.97. The van der Waals surface area contributed by atoms with Gasteiger partial charge in [-0.05, 0) is 76.5 Å². The molecule has 4 heteroatoms. The average molecular weight is 304 g/mol. The van der Waals surface area contributed by atoms with Gasteiger partial charge in [0.2, 0.25) is 11.8 Å². The maximum absolute atomic E-state index is 12.9. The van der Waals surface area contributed by atoms with Crippen molar-refractivity contribution in [1.29, 1.82) is 0 Å². The Hall–Kier alpha value is -1.32. The molecule has 0 aromatic heterocycles. The Labute approximate surface area is 132 Å². The van der Waals surface area contributed by atoms with Crippen molar-refractivity contribution in [1.82, 2.24) is 5.32 Å². The van der Waals surface area contributed by atoms with E-state index >= 15 is 0 Å². The zero-order chi connectivity index (χ0) is 15.9. The fourth-order valence-electron chi connectivity index (χ4n) is 5.30. The van der Waals surface area contributed by atoms with E-state index in [1.54, 1.807) is 0 Å². The third kappa shape index (κ3) is 2.92. The minimum atomic E-state index is -0.574. The van der Waals surface area contributed by atoms with Gasteiger partial charge < -0.3 is 11.1 Å². The molecule has 4 aliphatic carbocycles. The number of nitrogens with two attached hydrogens (primary N) is 1. The van der Waals surface area contributed by atoms with Crippen molar-refractivity contribution in [3.8, 4) is 0 Å². The second-order valence-corrected chi connectivity index (χ2v) is 8.14. The number of nitrogens with one attached hydrogen (secondary N) is 1. The predicted octanol–water partition coefficient (Wildman–Crippen LogP) is 2.53. The molecule has 0 aromatic carbocycles. The number of carbonyl (C=O) groups excluding carboxylic acids is 2. The largest absolute Gasteiger partial charge is 0.368 e. The summed E-state index contributed by atoms with van der Waals surface area (Å²) in [5.41, 5.74) is 6.40. The molecule has 22 heavy (non-hydrogen) atoms. The number of hydrogen-bond donors (Lipinski definition) is 2. The summed E-state index contributed by atoms with van der Waals surface area (Å²) in [4.78, 5) is 24.6. The van der Waals surface area contributed by atoms with E-state index in [4.69, 9.17) is 5.73 Å². The van der Waals surface area contributed by atoms with Crippen molar-refractivity contribution >= 4 is 11.8 Å². The maximum atomic E-state index is 12.9. The summed E-state index contributed by atoms with van der Waals surface area (Å²) in [5, 5.41) is 2.97. The molecule has 3 N–H and O–H groups in total. The lowest BCUT2D eigenvalue weighted by molar-refractivity contribution is -0.148. The van der Waals surface area contributed by atoms with Crippen molar-refractivity contribution in [2.75, 3.05) is 0 Å². The van der Waals surface area contributed by atoms with Crippen molar-refractivity contribution in [2.24, 2.45) is 28.9 Å². The van der Waals surface area contributed by atoms with Crippen LogP contribution in [0.5, 0.6) is 0 Å². The van der Waals surface area contributed by atoms with Crippen molar-refractivity contribution in [2.45, 2.75) is 64.8 Å². The Bertz CT molecular complexity index is 470. The quantitative estimate of drug-likeness (QED) is 0.766. The Morgan fingerprint density at radius 3 is 2.05 bits per heavy atom. The zero-order valence-corrected chi connectivity index (χ0v) is 13.7. The topological polar surface area (TPSA) is 72.2 Å². The Kier molecular flexibility index (Phi) is 4.04. The number of amides is 2. The highest BCUT2D eigenvalue weighted by Gasteiger charge is 2.54. The molecule has 0 radical (unpaired) electrons. The van der Waals surface area contributed by atoms with E-state index in [2.05, 4.69) is 5.32 Å². The lowest BCUT2D eigenvalue weighted by Gasteiger charge is -2.55. The molecule has 0 spiro atoms. The van der Waals surface area contributed by atoms with E-state index in [9.17, 15) is 9.59 Å². The van der Waals surface area contributed by atoms with Crippen molar-refractivity contribution < 1.29 is 9.59 Å². The standard InChI is InChI=1S/C18H28N2O2/c1-11(2)3-4-15(16(19)21)20-17(22)18-8-12-5-13(9-18)7-14(6-12)10-18/h3,12-15H,4-10H2,1-2H3,(H2,19,21)(H,20,22)/t12?,13?,14?,15-,18?/m0/s1. The van der Waals surface area contributed by atoms with Crippen LogP contribution >= 0.6 is 0 Å². The van der Waals surface area contributed by atoms with Crippen LogP contribution in [0.15, 0.2) is 11.6 Å². The molecule has 0 heterocycles. The van der Waals surface area contributed by atoms with Gasteiger partial charge in [0.15, 0.2) is 0 Å². The Morgan fingerprint density at radius 1 is 1.14 bits per heavy atom. The number of allylic oxidation sites excluding steroid dienone is 1. The van der Waals surface area contributed by atoms with Gasteiger partial charge >= 0.3 is 0 Å². The zero-order valence-electron chi connectivity index (χ0n) is 13.7. The lowest BCUT2D eigenvalue weighted by Crippen LogP contribution is -2.56. The highest BCUT2D eigenvalue weighted by atomic mass is 16.2. The SMILES string of the molecule is CC(C)=CC[C@H](NC(=O)C12CC3CC(CC(C3)C1)C2)C(N)=O. The normalized spacial score (nSPS) is 36.7. The van der Waals surface area contributed by atoms with Crippen LogP contribution in [0.25, 0.3) is 0 Å². The molecule has 4 rings (SSSR count). The van der Waals surface area contributed by atoms with Crippen LogP contribution in [-0.4, -0.2) is 17.9 Å². The van der Waals surface area contributed by atoms with E-state index in [1.807, 2.05) is 19.9 Å². The van der Waals surface area contributed by atoms with E-state index < -0.39 is 11.9 Å². The number of primary amides is 1. The molecule has 4 saturated carbocycles. The molecule has 4 bridgehead atoms. The highest BCUT2D eigenvalue weighted by molar-refractivity contribution is 5.89. The van der Waals surface area contributed by atoms with E-state index in [0.29, 0.717) is 6.42 Å². The van der Waals surface area contributed by atoms with Gasteiger partial charge in [-0.2, -0.15) is 0 Å². The Balaban J connectivity index is 1.70. The molecule has 4 aliphatic rings. The van der Waals surface area contributed by atoms with Crippen LogP contribution in [-0.2, 0) is 9.59 Å². The third-order valence-corrected chi connectivity index (χ3v) is 5.93. The predicted molar refractivity (Wildman–Crippen MR) is 85.8 cm³/mol. The second-order valence-electron chi connectivity index (χ2n) is 8.14. The van der Waals surface area contributed by atoms with Crippen LogP contribution in [0.4, 0.5) is 0 Å². The van der Waals surface area contributed by atoms with Gasteiger partial charge in [0.05, 0.1) is 0 Å². The Morgan fingerprint density at radius 2 is 1.64 bits per heavy atom. The minimum absolute atomic E-state index is 0.0811. The van der Waals surface area contributed by atoms with E-state index in [-0.39, 0.29) is 11.3 Å². The summed E-state index contributed by atoms with van der Waals surface area (Å²) in [6, 6.07) is -0.574. The van der Waals surface area contributed by atoms with E-state index in [1.165, 1.54) is 19.3 Å². The number of rotatable bonds is 5. The molecule has 2 amide bonds. The minimum Gasteiger partial charge on any atom is -0.368 e. The molecule has 122 valence electrons. The van der Waals surface area contributed by atoms with Crippen LogP contribution < -0.4 is 11.1 Å². The maximum Gasteiger partial charge on any atom is 0.240 e. The monoisotopic (exact) mass is 304 g/mol. The fraction of sp³-hybridized carbons (Fsp3) is 0.778. The summed E-state index contributed by atoms with van der Waals surface area (Å²) in [6.07, 6.45) is 9.43. The van der Waals surface area contributed by atoms with Crippen LogP contribution in [0.3, 0.4) is 0 Å². The summed E-state index contributed by atoms with van der Waals surface area (Å²) < 4.78 is 0. The van der Waals surface area contributed by atoms with Crippen LogP contribution in [0, 0.1) is 23.2 Å². The average Bonchev–Trinajstić information content (AvgIpc) is 2.41. The number of hydrogen-bond acceptors (Lipinski definition) is 2. The van der Waals surface area contributed by atoms with E-state index in [0.717, 1.165) is 42.6 Å². The summed E-state index contributed by atoms with van der Waals surface area (Å²) in [5.74, 6) is 1.82. The van der Waals surface area contributed by atoms with Crippen molar-refractivity contribution in [3.05, 3.63) is 11.6 Å². The molecular weight excluding hydrogens is 276 g/mol. The summed E-state index contributed by atoms with van der Waals surface area (Å²) >= 11 is 0. The molecule has 4 fully saturated rings.